The van der Waals surface area contributed by atoms with Gasteiger partial charge in [-0.25, -0.2) is 4.39 Å². The second kappa shape index (κ2) is 4.92. The van der Waals surface area contributed by atoms with Crippen LogP contribution in [0.5, 0.6) is 0 Å². The number of hydrogen-bond donors (Lipinski definition) is 0. The lowest BCUT2D eigenvalue weighted by atomic mass is 10.0. The molecule has 0 bridgehead atoms. The molecule has 90 valence electrons. The van der Waals surface area contributed by atoms with Crippen LogP contribution in [0.1, 0.15) is 26.3 Å². The first-order valence-corrected chi connectivity index (χ1v) is 5.49. The molecule has 2 aromatic carbocycles. The maximum absolute atomic E-state index is 13.0. The molecule has 2 nitrogen and oxygen atoms in total. The van der Waals surface area contributed by atoms with Crippen LogP contribution in [0.2, 0.25) is 0 Å². The zero-order chi connectivity index (χ0) is 13.1. The van der Waals surface area contributed by atoms with Crippen molar-refractivity contribution in [2.45, 2.75) is 6.92 Å². The molecule has 0 N–H and O–H groups in total. The number of hydrogen-bond acceptors (Lipinski definition) is 2. The summed E-state index contributed by atoms with van der Waals surface area (Å²) in [6, 6.07) is 11.8. The number of carbonyl (C=O) groups is 2. The van der Waals surface area contributed by atoms with Gasteiger partial charge in [0.15, 0.2) is 0 Å². The molecule has 0 aliphatic carbocycles. The smallest absolute Gasteiger partial charge is 0.233 e. The number of Topliss-reactive ketones (excluding diaryl/α,β-unsaturated/α-hetero) is 2. The molecule has 0 aliphatic heterocycles. The monoisotopic (exact) mass is 242 g/mol. The molecular formula is C15H11FO2. The Morgan fingerprint density at radius 2 is 1.50 bits per heavy atom. The highest BCUT2D eigenvalue weighted by Gasteiger charge is 2.18. The molecule has 0 amide bonds. The third-order valence-corrected chi connectivity index (χ3v) is 2.61. The summed E-state index contributed by atoms with van der Waals surface area (Å²) in [5.41, 5.74) is 1.39. The minimum absolute atomic E-state index is 0.0700. The van der Waals surface area contributed by atoms with Crippen molar-refractivity contribution in [1.82, 2.24) is 0 Å². The first kappa shape index (κ1) is 12.2. The number of carbonyl (C=O) groups excluding carboxylic acids is 2. The van der Waals surface area contributed by atoms with Crippen LogP contribution in [-0.4, -0.2) is 11.6 Å². The highest BCUT2D eigenvalue weighted by atomic mass is 19.1. The Kier molecular flexibility index (Phi) is 3.33. The zero-order valence-corrected chi connectivity index (χ0v) is 9.81. The first-order chi connectivity index (χ1) is 8.58. The zero-order valence-electron chi connectivity index (χ0n) is 9.81. The second-order valence-corrected chi connectivity index (χ2v) is 4.03. The summed E-state index contributed by atoms with van der Waals surface area (Å²) in [4.78, 5) is 23.8. The van der Waals surface area contributed by atoms with E-state index in [1.807, 2.05) is 6.92 Å². The molecule has 0 heterocycles. The van der Waals surface area contributed by atoms with E-state index in [0.29, 0.717) is 5.56 Å². The average Bonchev–Trinajstić information content (AvgIpc) is 2.38. The van der Waals surface area contributed by atoms with Gasteiger partial charge in [-0.1, -0.05) is 42.0 Å². The topological polar surface area (TPSA) is 34.1 Å². The summed E-state index contributed by atoms with van der Waals surface area (Å²) in [5.74, 6) is -1.85. The highest BCUT2D eigenvalue weighted by Crippen LogP contribution is 2.10. The van der Waals surface area contributed by atoms with Gasteiger partial charge in [0, 0.05) is 11.1 Å². The summed E-state index contributed by atoms with van der Waals surface area (Å²) >= 11 is 0. The predicted octanol–water partition coefficient (Wildman–Crippen LogP) is 3.20. The number of halogens is 1. The Bertz CT molecular complexity index is 600. The van der Waals surface area contributed by atoms with Crippen LogP contribution in [0.25, 0.3) is 0 Å². The number of rotatable bonds is 3. The standard InChI is InChI=1S/C15H11FO2/c1-10-5-7-11(8-6-10)14(17)15(18)12-3-2-4-13(16)9-12/h2-9H,1H3. The van der Waals surface area contributed by atoms with Gasteiger partial charge in [-0.2, -0.15) is 0 Å². The van der Waals surface area contributed by atoms with Crippen LogP contribution < -0.4 is 0 Å². The molecule has 0 spiro atoms. The predicted molar refractivity (Wildman–Crippen MR) is 66.2 cm³/mol. The van der Waals surface area contributed by atoms with E-state index in [4.69, 9.17) is 0 Å². The molecular weight excluding hydrogens is 231 g/mol. The van der Waals surface area contributed by atoms with E-state index in [1.165, 1.54) is 18.2 Å². The van der Waals surface area contributed by atoms with Crippen molar-refractivity contribution < 1.29 is 14.0 Å². The van der Waals surface area contributed by atoms with Crippen LogP contribution in [0, 0.1) is 12.7 Å². The molecule has 0 unspecified atom stereocenters. The van der Waals surface area contributed by atoms with Gasteiger partial charge in [-0.3, -0.25) is 9.59 Å². The quantitative estimate of drug-likeness (QED) is 0.611. The SMILES string of the molecule is Cc1ccc(C(=O)C(=O)c2cccc(F)c2)cc1. The molecule has 0 radical (unpaired) electrons. The molecule has 2 aromatic rings. The maximum Gasteiger partial charge on any atom is 0.233 e. The summed E-state index contributed by atoms with van der Waals surface area (Å²) in [6.45, 7) is 1.89. The largest absolute Gasteiger partial charge is 0.285 e. The first-order valence-electron chi connectivity index (χ1n) is 5.49. The van der Waals surface area contributed by atoms with Crippen molar-refractivity contribution in [3.63, 3.8) is 0 Å². The lowest BCUT2D eigenvalue weighted by Gasteiger charge is -2.01. The molecule has 0 aromatic heterocycles. The highest BCUT2D eigenvalue weighted by molar-refractivity contribution is 6.49. The lowest BCUT2D eigenvalue weighted by molar-refractivity contribution is 0.0816. The Morgan fingerprint density at radius 1 is 0.889 bits per heavy atom. The van der Waals surface area contributed by atoms with E-state index in [0.717, 1.165) is 11.6 Å². The van der Waals surface area contributed by atoms with Gasteiger partial charge in [0.05, 0.1) is 0 Å². The minimum Gasteiger partial charge on any atom is -0.285 e. The van der Waals surface area contributed by atoms with Crippen LogP contribution in [-0.2, 0) is 0 Å². The van der Waals surface area contributed by atoms with E-state index in [9.17, 15) is 14.0 Å². The third-order valence-electron chi connectivity index (χ3n) is 2.61. The Hall–Kier alpha value is -2.29. The van der Waals surface area contributed by atoms with Gasteiger partial charge >= 0.3 is 0 Å². The fourth-order valence-electron chi connectivity index (χ4n) is 1.60. The molecule has 0 aliphatic rings. The minimum atomic E-state index is -0.696. The Labute approximate surface area is 104 Å². The van der Waals surface area contributed by atoms with E-state index in [1.54, 1.807) is 24.3 Å². The summed E-state index contributed by atoms with van der Waals surface area (Å²) in [5, 5.41) is 0. The van der Waals surface area contributed by atoms with E-state index in [2.05, 4.69) is 0 Å². The van der Waals surface area contributed by atoms with Crippen LogP contribution in [0.4, 0.5) is 4.39 Å². The second-order valence-electron chi connectivity index (χ2n) is 4.03. The van der Waals surface area contributed by atoms with Crippen molar-refractivity contribution in [2.75, 3.05) is 0 Å². The third kappa shape index (κ3) is 2.51. The van der Waals surface area contributed by atoms with Crippen molar-refractivity contribution in [2.24, 2.45) is 0 Å². The molecule has 0 atom stereocenters. The van der Waals surface area contributed by atoms with Gasteiger partial charge in [0.1, 0.15) is 5.82 Å². The fraction of sp³-hybridized carbons (Fsp3) is 0.0667. The summed E-state index contributed by atoms with van der Waals surface area (Å²) < 4.78 is 13.0. The molecule has 18 heavy (non-hydrogen) atoms. The fourth-order valence-corrected chi connectivity index (χ4v) is 1.60. The van der Waals surface area contributed by atoms with Gasteiger partial charge in [0.2, 0.25) is 11.6 Å². The van der Waals surface area contributed by atoms with Gasteiger partial charge in [-0.15, -0.1) is 0 Å². The van der Waals surface area contributed by atoms with E-state index in [-0.39, 0.29) is 5.56 Å². The lowest BCUT2D eigenvalue weighted by Crippen LogP contribution is -2.14. The Balaban J connectivity index is 2.29. The van der Waals surface area contributed by atoms with Crippen molar-refractivity contribution in [1.29, 1.82) is 0 Å². The van der Waals surface area contributed by atoms with E-state index < -0.39 is 17.4 Å². The van der Waals surface area contributed by atoms with Crippen LogP contribution in [0.3, 0.4) is 0 Å². The molecule has 0 fully saturated rings. The number of ketones is 2. The van der Waals surface area contributed by atoms with Crippen molar-refractivity contribution in [3.05, 3.63) is 71.0 Å². The van der Waals surface area contributed by atoms with Gasteiger partial charge < -0.3 is 0 Å². The van der Waals surface area contributed by atoms with Gasteiger partial charge in [0.25, 0.3) is 0 Å². The van der Waals surface area contributed by atoms with Gasteiger partial charge in [-0.05, 0) is 19.1 Å². The molecule has 3 heteroatoms. The van der Waals surface area contributed by atoms with Crippen molar-refractivity contribution >= 4 is 11.6 Å². The van der Waals surface area contributed by atoms with E-state index >= 15 is 0 Å². The molecule has 0 saturated carbocycles. The Morgan fingerprint density at radius 3 is 2.11 bits per heavy atom. The molecule has 2 rings (SSSR count). The maximum atomic E-state index is 13.0. The number of aryl methyl sites for hydroxylation is 1. The average molecular weight is 242 g/mol. The molecule has 0 saturated heterocycles. The summed E-state index contributed by atoms with van der Waals surface area (Å²) in [6.07, 6.45) is 0. The summed E-state index contributed by atoms with van der Waals surface area (Å²) in [7, 11) is 0. The van der Waals surface area contributed by atoms with Crippen molar-refractivity contribution in [3.8, 4) is 0 Å². The number of benzene rings is 2. The van der Waals surface area contributed by atoms with Crippen LogP contribution >= 0.6 is 0 Å². The normalized spacial score (nSPS) is 10.1. The van der Waals surface area contributed by atoms with Crippen LogP contribution in [0.15, 0.2) is 48.5 Å².